The van der Waals surface area contributed by atoms with Crippen LogP contribution >= 0.6 is 11.3 Å². The number of aliphatic hydroxyl groups excluding tert-OH is 1. The zero-order chi connectivity index (χ0) is 13.7. The first-order chi connectivity index (χ1) is 9.20. The number of carbonyl (C=O) groups excluding carboxylic acids is 1. The van der Waals surface area contributed by atoms with Crippen LogP contribution in [0.5, 0.6) is 0 Å². The van der Waals surface area contributed by atoms with Crippen LogP contribution in [-0.4, -0.2) is 27.5 Å². The minimum absolute atomic E-state index is 0.0944. The molecule has 2 aromatic heterocycles. The Kier molecular flexibility index (Phi) is 4.59. The molecule has 0 aliphatic heterocycles. The molecular weight excluding hydrogens is 262 g/mol. The fraction of sp³-hybridized carbons (Fsp3) is 0.308. The number of pyridine rings is 1. The molecule has 2 aromatic rings. The molecule has 0 radical (unpaired) electrons. The first-order valence-corrected chi connectivity index (χ1v) is 6.81. The van der Waals surface area contributed by atoms with Gasteiger partial charge in [-0.25, -0.2) is 4.98 Å². The van der Waals surface area contributed by atoms with Crippen molar-refractivity contribution in [3.8, 4) is 0 Å². The van der Waals surface area contributed by atoms with E-state index in [0.717, 1.165) is 12.1 Å². The minimum Gasteiger partial charge on any atom is -0.392 e. The van der Waals surface area contributed by atoms with Crippen molar-refractivity contribution in [3.63, 3.8) is 0 Å². The molecule has 0 aliphatic rings. The summed E-state index contributed by atoms with van der Waals surface area (Å²) in [6.45, 7) is 2.41. The standard InChI is InChI=1S/C13H15N3O2S/c1-9-12(19-8-16-9)3-5-15-13(18)11-6-10(7-17)2-4-14-11/h2,4,6,8,17H,3,5,7H2,1H3,(H,15,18). The van der Waals surface area contributed by atoms with Gasteiger partial charge in [-0.3, -0.25) is 9.78 Å². The lowest BCUT2D eigenvalue weighted by atomic mass is 10.2. The second-order valence-electron chi connectivity index (χ2n) is 4.07. The summed E-state index contributed by atoms with van der Waals surface area (Å²) in [6, 6.07) is 3.27. The van der Waals surface area contributed by atoms with Crippen molar-refractivity contribution < 1.29 is 9.90 Å². The SMILES string of the molecule is Cc1ncsc1CCNC(=O)c1cc(CO)ccn1. The molecule has 19 heavy (non-hydrogen) atoms. The maximum absolute atomic E-state index is 11.9. The number of hydrogen-bond acceptors (Lipinski definition) is 5. The molecule has 0 atom stereocenters. The summed E-state index contributed by atoms with van der Waals surface area (Å²) in [5, 5.41) is 11.8. The molecule has 2 rings (SSSR count). The molecular formula is C13H15N3O2S. The summed E-state index contributed by atoms with van der Waals surface area (Å²) in [6.07, 6.45) is 2.29. The highest BCUT2D eigenvalue weighted by Gasteiger charge is 2.08. The number of amides is 1. The molecule has 0 fully saturated rings. The van der Waals surface area contributed by atoms with Crippen LogP contribution in [0.2, 0.25) is 0 Å². The first kappa shape index (κ1) is 13.6. The van der Waals surface area contributed by atoms with Crippen LogP contribution in [-0.2, 0) is 13.0 Å². The maximum Gasteiger partial charge on any atom is 0.269 e. The monoisotopic (exact) mass is 277 g/mol. The highest BCUT2D eigenvalue weighted by atomic mass is 32.1. The Morgan fingerprint density at radius 1 is 1.47 bits per heavy atom. The third-order valence-corrected chi connectivity index (χ3v) is 3.72. The third kappa shape index (κ3) is 3.59. The van der Waals surface area contributed by atoms with E-state index in [1.54, 1.807) is 29.0 Å². The van der Waals surface area contributed by atoms with Gasteiger partial charge in [-0.2, -0.15) is 0 Å². The number of aryl methyl sites for hydroxylation is 1. The summed E-state index contributed by atoms with van der Waals surface area (Å²) in [4.78, 5) is 21.2. The molecule has 5 nitrogen and oxygen atoms in total. The molecule has 0 unspecified atom stereocenters. The van der Waals surface area contributed by atoms with E-state index in [0.29, 0.717) is 17.8 Å². The normalized spacial score (nSPS) is 10.4. The lowest BCUT2D eigenvalue weighted by molar-refractivity contribution is 0.0949. The zero-order valence-electron chi connectivity index (χ0n) is 10.6. The Hall–Kier alpha value is -1.79. The third-order valence-electron chi connectivity index (χ3n) is 2.72. The fourth-order valence-corrected chi connectivity index (χ4v) is 2.42. The van der Waals surface area contributed by atoms with Gasteiger partial charge in [0.1, 0.15) is 5.69 Å². The van der Waals surface area contributed by atoms with E-state index < -0.39 is 0 Å². The van der Waals surface area contributed by atoms with Crippen molar-refractivity contribution >= 4 is 17.2 Å². The van der Waals surface area contributed by atoms with E-state index in [-0.39, 0.29) is 12.5 Å². The van der Waals surface area contributed by atoms with Crippen LogP contribution in [0.4, 0.5) is 0 Å². The number of aliphatic hydroxyl groups is 1. The van der Waals surface area contributed by atoms with Gasteiger partial charge in [-0.05, 0) is 24.6 Å². The first-order valence-electron chi connectivity index (χ1n) is 5.93. The van der Waals surface area contributed by atoms with Crippen molar-refractivity contribution in [2.24, 2.45) is 0 Å². The highest BCUT2D eigenvalue weighted by molar-refractivity contribution is 7.09. The Labute approximate surface area is 115 Å². The lowest BCUT2D eigenvalue weighted by Crippen LogP contribution is -2.26. The lowest BCUT2D eigenvalue weighted by Gasteiger charge is -2.05. The van der Waals surface area contributed by atoms with Gasteiger partial charge in [0.25, 0.3) is 5.91 Å². The number of hydrogen-bond donors (Lipinski definition) is 2. The van der Waals surface area contributed by atoms with Gasteiger partial charge >= 0.3 is 0 Å². The number of nitrogens with zero attached hydrogens (tertiary/aromatic N) is 2. The predicted molar refractivity (Wildman–Crippen MR) is 73.0 cm³/mol. The Balaban J connectivity index is 1.89. The molecule has 0 bridgehead atoms. The maximum atomic E-state index is 11.9. The quantitative estimate of drug-likeness (QED) is 0.864. The second kappa shape index (κ2) is 6.40. The van der Waals surface area contributed by atoms with E-state index in [2.05, 4.69) is 15.3 Å². The average Bonchev–Trinajstić information content (AvgIpc) is 2.84. The molecule has 0 saturated heterocycles. The molecule has 1 amide bonds. The van der Waals surface area contributed by atoms with Gasteiger partial charge in [0.05, 0.1) is 17.8 Å². The summed E-state index contributed by atoms with van der Waals surface area (Å²) in [5.74, 6) is -0.225. The van der Waals surface area contributed by atoms with Gasteiger partial charge in [0, 0.05) is 24.0 Å². The predicted octanol–water partition coefficient (Wildman–Crippen LogP) is 1.31. The molecule has 2 N–H and O–H groups in total. The van der Waals surface area contributed by atoms with Gasteiger partial charge in [-0.15, -0.1) is 11.3 Å². The molecule has 6 heteroatoms. The number of rotatable bonds is 5. The second-order valence-corrected chi connectivity index (χ2v) is 5.01. The van der Waals surface area contributed by atoms with Crippen LogP contribution in [0.25, 0.3) is 0 Å². The van der Waals surface area contributed by atoms with E-state index in [9.17, 15) is 4.79 Å². The Morgan fingerprint density at radius 2 is 2.32 bits per heavy atom. The molecule has 100 valence electrons. The fourth-order valence-electron chi connectivity index (χ4n) is 1.64. The van der Waals surface area contributed by atoms with Crippen LogP contribution in [0.1, 0.15) is 26.6 Å². The van der Waals surface area contributed by atoms with Gasteiger partial charge in [0.15, 0.2) is 0 Å². The van der Waals surface area contributed by atoms with Crippen LogP contribution in [0, 0.1) is 6.92 Å². The van der Waals surface area contributed by atoms with E-state index in [1.807, 2.05) is 6.92 Å². The highest BCUT2D eigenvalue weighted by Crippen LogP contribution is 2.12. The smallest absolute Gasteiger partial charge is 0.269 e. The summed E-state index contributed by atoms with van der Waals surface area (Å²) >= 11 is 1.59. The van der Waals surface area contributed by atoms with E-state index in [1.165, 1.54) is 11.1 Å². The molecule has 0 spiro atoms. The number of thiazole rings is 1. The topological polar surface area (TPSA) is 75.1 Å². The minimum atomic E-state index is -0.225. The number of nitrogens with one attached hydrogen (secondary N) is 1. The average molecular weight is 277 g/mol. The largest absolute Gasteiger partial charge is 0.392 e. The molecule has 0 aromatic carbocycles. The Morgan fingerprint density at radius 3 is 3.00 bits per heavy atom. The van der Waals surface area contributed by atoms with Crippen LogP contribution < -0.4 is 5.32 Å². The molecule has 0 saturated carbocycles. The van der Waals surface area contributed by atoms with Gasteiger partial charge in [-0.1, -0.05) is 0 Å². The van der Waals surface area contributed by atoms with Crippen LogP contribution in [0.15, 0.2) is 23.8 Å². The number of aromatic nitrogens is 2. The van der Waals surface area contributed by atoms with Crippen molar-refractivity contribution in [2.75, 3.05) is 6.54 Å². The summed E-state index contributed by atoms with van der Waals surface area (Å²) < 4.78 is 0. The molecule has 2 heterocycles. The van der Waals surface area contributed by atoms with E-state index >= 15 is 0 Å². The van der Waals surface area contributed by atoms with Crippen molar-refractivity contribution in [1.29, 1.82) is 0 Å². The van der Waals surface area contributed by atoms with Crippen LogP contribution in [0.3, 0.4) is 0 Å². The van der Waals surface area contributed by atoms with Crippen molar-refractivity contribution in [1.82, 2.24) is 15.3 Å². The zero-order valence-corrected chi connectivity index (χ0v) is 11.4. The molecule has 0 aliphatic carbocycles. The van der Waals surface area contributed by atoms with Gasteiger partial charge in [0.2, 0.25) is 0 Å². The van der Waals surface area contributed by atoms with Crippen molar-refractivity contribution in [2.45, 2.75) is 20.0 Å². The summed E-state index contributed by atoms with van der Waals surface area (Å²) in [7, 11) is 0. The van der Waals surface area contributed by atoms with Crippen molar-refractivity contribution in [3.05, 3.63) is 45.7 Å². The van der Waals surface area contributed by atoms with Gasteiger partial charge < -0.3 is 10.4 Å². The van der Waals surface area contributed by atoms with E-state index in [4.69, 9.17) is 5.11 Å². The number of carbonyl (C=O) groups is 1. The summed E-state index contributed by atoms with van der Waals surface area (Å²) in [5.41, 5.74) is 3.82. The Bertz CT molecular complexity index is 569.